The van der Waals surface area contributed by atoms with E-state index in [0.29, 0.717) is 6.42 Å². The Balaban J connectivity index is 3.13. The van der Waals surface area contributed by atoms with Crippen molar-refractivity contribution in [2.45, 2.75) is 71.1 Å². The highest BCUT2D eigenvalue weighted by Crippen LogP contribution is 2.08. The summed E-state index contributed by atoms with van der Waals surface area (Å²) in [6.45, 7) is 2.26. The number of carbonyl (C=O) groups is 1. The molecule has 0 rings (SSSR count). The molecule has 0 bridgehead atoms. The van der Waals surface area contributed by atoms with Crippen LogP contribution in [-0.4, -0.2) is 6.29 Å². The molecule has 0 aromatic carbocycles. The van der Waals surface area contributed by atoms with E-state index in [4.69, 9.17) is 0 Å². The zero-order valence-corrected chi connectivity index (χ0v) is 11.4. The molecule has 0 radical (unpaired) electrons. The Morgan fingerprint density at radius 3 is 1.94 bits per heavy atom. The smallest absolute Gasteiger partial charge is 0.120 e. The molecule has 98 valence electrons. The molecule has 0 saturated carbocycles. The molecule has 0 fully saturated rings. The Labute approximate surface area is 107 Å². The second-order valence-electron chi connectivity index (χ2n) is 4.51. The lowest BCUT2D eigenvalue weighted by Crippen LogP contribution is -1.78. The Morgan fingerprint density at radius 2 is 1.29 bits per heavy atom. The van der Waals surface area contributed by atoms with Crippen molar-refractivity contribution in [3.63, 3.8) is 0 Å². The van der Waals surface area contributed by atoms with Gasteiger partial charge in [0.25, 0.3) is 0 Å². The Morgan fingerprint density at radius 1 is 0.706 bits per heavy atom. The van der Waals surface area contributed by atoms with Crippen LogP contribution in [0.2, 0.25) is 0 Å². The van der Waals surface area contributed by atoms with Crippen LogP contribution in [0.1, 0.15) is 71.1 Å². The minimum Gasteiger partial charge on any atom is -0.303 e. The lowest BCUT2D eigenvalue weighted by molar-refractivity contribution is -0.107. The number of rotatable bonds is 12. The van der Waals surface area contributed by atoms with Gasteiger partial charge in [-0.25, -0.2) is 0 Å². The Kier molecular flexibility index (Phi) is 14.4. The maximum Gasteiger partial charge on any atom is 0.120 e. The molecule has 0 atom stereocenters. The fourth-order valence-corrected chi connectivity index (χ4v) is 1.73. The second-order valence-corrected chi connectivity index (χ2v) is 4.51. The summed E-state index contributed by atoms with van der Waals surface area (Å²) in [5, 5.41) is 0. The first-order chi connectivity index (χ1) is 8.41. The second kappa shape index (κ2) is 15.1. The normalized spacial score (nSPS) is 11.6. The van der Waals surface area contributed by atoms with Gasteiger partial charge < -0.3 is 4.79 Å². The van der Waals surface area contributed by atoms with Crippen LogP contribution in [-0.2, 0) is 4.79 Å². The van der Waals surface area contributed by atoms with E-state index < -0.39 is 0 Å². The molecular formula is C16H28O. The summed E-state index contributed by atoms with van der Waals surface area (Å²) in [6, 6.07) is 0. The minimum absolute atomic E-state index is 0.641. The van der Waals surface area contributed by atoms with Crippen LogP contribution in [0, 0.1) is 0 Å². The Hall–Kier alpha value is -0.850. The maximum atomic E-state index is 10.1. The van der Waals surface area contributed by atoms with Gasteiger partial charge in [0.05, 0.1) is 0 Å². The molecule has 0 aliphatic carbocycles. The van der Waals surface area contributed by atoms with Gasteiger partial charge in [-0.15, -0.1) is 0 Å². The summed E-state index contributed by atoms with van der Waals surface area (Å²) in [6.07, 6.45) is 21.7. The molecule has 0 aliphatic heterocycles. The molecule has 0 N–H and O–H groups in total. The summed E-state index contributed by atoms with van der Waals surface area (Å²) in [5.41, 5.74) is 0. The van der Waals surface area contributed by atoms with Crippen molar-refractivity contribution in [1.29, 1.82) is 0 Å². The number of carbonyl (C=O) groups excluding carboxylic acids is 1. The molecule has 0 aromatic rings. The van der Waals surface area contributed by atoms with E-state index in [-0.39, 0.29) is 0 Å². The lowest BCUT2D eigenvalue weighted by Gasteiger charge is -1.98. The minimum atomic E-state index is 0.641. The van der Waals surface area contributed by atoms with Gasteiger partial charge in [-0.3, -0.25) is 0 Å². The molecule has 17 heavy (non-hydrogen) atoms. The van der Waals surface area contributed by atoms with Gasteiger partial charge >= 0.3 is 0 Å². The SMILES string of the molecule is CCCCCCCCC/C=C\C=C/CCC=O. The molecule has 0 aliphatic rings. The first-order valence-corrected chi connectivity index (χ1v) is 7.17. The van der Waals surface area contributed by atoms with Crippen LogP contribution in [0.15, 0.2) is 24.3 Å². The molecule has 0 unspecified atom stereocenters. The van der Waals surface area contributed by atoms with Gasteiger partial charge in [0.2, 0.25) is 0 Å². The molecule has 0 aromatic heterocycles. The fourth-order valence-electron chi connectivity index (χ4n) is 1.73. The summed E-state index contributed by atoms with van der Waals surface area (Å²) < 4.78 is 0. The third-order valence-electron chi connectivity index (χ3n) is 2.81. The third-order valence-corrected chi connectivity index (χ3v) is 2.81. The van der Waals surface area contributed by atoms with Gasteiger partial charge in [0.1, 0.15) is 6.29 Å². The molecule has 1 heteroatoms. The van der Waals surface area contributed by atoms with Gasteiger partial charge in [0, 0.05) is 6.42 Å². The van der Waals surface area contributed by atoms with Crippen LogP contribution < -0.4 is 0 Å². The molecule has 0 amide bonds. The number of hydrogen-bond acceptors (Lipinski definition) is 1. The topological polar surface area (TPSA) is 17.1 Å². The van der Waals surface area contributed by atoms with Crippen molar-refractivity contribution in [2.75, 3.05) is 0 Å². The highest BCUT2D eigenvalue weighted by molar-refractivity contribution is 5.49. The standard InChI is InChI=1S/C16H28O/c1-2-3-4-5-6-7-8-9-10-11-12-13-14-15-16-17/h10-13,16H,2-9,14-15H2,1H3/b11-10-,13-12-. The molecular weight excluding hydrogens is 208 g/mol. The monoisotopic (exact) mass is 236 g/mol. The highest BCUT2D eigenvalue weighted by atomic mass is 16.1. The van der Waals surface area contributed by atoms with E-state index in [1.807, 2.05) is 6.08 Å². The number of hydrogen-bond donors (Lipinski definition) is 0. The van der Waals surface area contributed by atoms with E-state index in [9.17, 15) is 4.79 Å². The quantitative estimate of drug-likeness (QED) is 0.258. The third kappa shape index (κ3) is 15.1. The predicted molar refractivity (Wildman–Crippen MR) is 76.2 cm³/mol. The van der Waals surface area contributed by atoms with E-state index >= 15 is 0 Å². The van der Waals surface area contributed by atoms with E-state index in [0.717, 1.165) is 12.7 Å². The summed E-state index contributed by atoms with van der Waals surface area (Å²) >= 11 is 0. The molecule has 0 saturated heterocycles. The maximum absolute atomic E-state index is 10.1. The van der Waals surface area contributed by atoms with Crippen molar-refractivity contribution < 1.29 is 4.79 Å². The van der Waals surface area contributed by atoms with Crippen molar-refractivity contribution in [2.24, 2.45) is 0 Å². The Bertz CT molecular complexity index is 204. The zero-order valence-electron chi connectivity index (χ0n) is 11.4. The fraction of sp³-hybridized carbons (Fsp3) is 0.688. The first-order valence-electron chi connectivity index (χ1n) is 7.17. The number of unbranched alkanes of at least 4 members (excludes halogenated alkanes) is 8. The van der Waals surface area contributed by atoms with Gasteiger partial charge in [0.15, 0.2) is 0 Å². The summed E-state index contributed by atoms with van der Waals surface area (Å²) in [7, 11) is 0. The average Bonchev–Trinajstić information content (AvgIpc) is 2.35. The van der Waals surface area contributed by atoms with Crippen molar-refractivity contribution in [3.05, 3.63) is 24.3 Å². The van der Waals surface area contributed by atoms with Gasteiger partial charge in [-0.05, 0) is 19.3 Å². The molecule has 0 heterocycles. The zero-order chi connectivity index (χ0) is 12.6. The average molecular weight is 236 g/mol. The van der Waals surface area contributed by atoms with E-state index in [1.165, 1.54) is 51.4 Å². The van der Waals surface area contributed by atoms with Crippen LogP contribution >= 0.6 is 0 Å². The summed E-state index contributed by atoms with van der Waals surface area (Å²) in [5.74, 6) is 0. The van der Waals surface area contributed by atoms with Crippen LogP contribution in [0.4, 0.5) is 0 Å². The van der Waals surface area contributed by atoms with Crippen molar-refractivity contribution >= 4 is 6.29 Å². The van der Waals surface area contributed by atoms with E-state index in [2.05, 4.69) is 25.2 Å². The predicted octanol–water partition coefficient (Wildman–Crippen LogP) is 5.22. The summed E-state index contributed by atoms with van der Waals surface area (Å²) in [4.78, 5) is 10.1. The first kappa shape index (κ1) is 16.1. The van der Waals surface area contributed by atoms with Crippen LogP contribution in [0.25, 0.3) is 0 Å². The van der Waals surface area contributed by atoms with Gasteiger partial charge in [-0.1, -0.05) is 69.8 Å². The molecule has 0 spiro atoms. The van der Waals surface area contributed by atoms with E-state index in [1.54, 1.807) is 0 Å². The van der Waals surface area contributed by atoms with Crippen molar-refractivity contribution in [3.8, 4) is 0 Å². The molecule has 1 nitrogen and oxygen atoms in total. The number of allylic oxidation sites excluding steroid dienone is 4. The largest absolute Gasteiger partial charge is 0.303 e. The lowest BCUT2D eigenvalue weighted by atomic mass is 10.1. The van der Waals surface area contributed by atoms with Crippen LogP contribution in [0.3, 0.4) is 0 Å². The number of aldehydes is 1. The van der Waals surface area contributed by atoms with Crippen molar-refractivity contribution in [1.82, 2.24) is 0 Å². The highest BCUT2D eigenvalue weighted by Gasteiger charge is 1.88. The van der Waals surface area contributed by atoms with Gasteiger partial charge in [-0.2, -0.15) is 0 Å². The van der Waals surface area contributed by atoms with Crippen LogP contribution in [0.5, 0.6) is 0 Å².